The number of hydrazine groups is 1. The summed E-state index contributed by atoms with van der Waals surface area (Å²) in [6, 6.07) is 2.06. The number of carbonyl (C=O) groups excluding carboxylic acids is 1. The number of nitrogens with one attached hydrogen (secondary N) is 2. The molecular weight excluding hydrogens is 406 g/mol. The molecule has 3 rings (SSSR count). The second-order valence-electron chi connectivity index (χ2n) is 8.41. The highest BCUT2D eigenvalue weighted by atomic mass is 32.1. The van der Waals surface area contributed by atoms with Crippen LogP contribution in [-0.2, 0) is 17.8 Å². The van der Waals surface area contributed by atoms with Crippen LogP contribution in [-0.4, -0.2) is 20.8 Å². The van der Waals surface area contributed by atoms with E-state index in [1.807, 2.05) is 6.92 Å². The second-order valence-corrected chi connectivity index (χ2v) is 9.50. The van der Waals surface area contributed by atoms with Gasteiger partial charge in [0.2, 0.25) is 0 Å². The molecule has 1 aliphatic rings. The Morgan fingerprint density at radius 2 is 2.03 bits per heavy atom. The molecule has 0 saturated heterocycles. The van der Waals surface area contributed by atoms with Gasteiger partial charge in [-0.1, -0.05) is 0 Å². The summed E-state index contributed by atoms with van der Waals surface area (Å²) in [5, 5.41) is 9.38. The van der Waals surface area contributed by atoms with Crippen LogP contribution >= 0.6 is 11.3 Å². The number of amides is 1. The molecule has 162 valence electrons. The molecule has 1 aliphatic carbocycles. The Hall–Kier alpha value is -2.64. The lowest BCUT2D eigenvalue weighted by Gasteiger charge is -2.19. The number of hydrogen-bond acceptors (Lipinski definition) is 7. The fourth-order valence-corrected chi connectivity index (χ4v) is 4.50. The van der Waals surface area contributed by atoms with Crippen LogP contribution in [0.25, 0.3) is 10.2 Å². The Kier molecular flexibility index (Phi) is 6.33. The summed E-state index contributed by atoms with van der Waals surface area (Å²) in [6.45, 7) is 7.86. The predicted octanol–water partition coefficient (Wildman–Crippen LogP) is 2.70. The van der Waals surface area contributed by atoms with E-state index in [9.17, 15) is 14.4 Å². The summed E-state index contributed by atoms with van der Waals surface area (Å²) in [5.74, 6) is 0. The summed E-state index contributed by atoms with van der Waals surface area (Å²) in [6.07, 6.45) is 1.95. The fraction of sp³-hybridized carbons (Fsp3) is 0.600. The predicted molar refractivity (Wildman–Crippen MR) is 114 cm³/mol. The number of rotatable bonds is 7. The lowest BCUT2D eigenvalue weighted by Crippen LogP contribution is -2.40. The molecule has 0 atom stereocenters. The van der Waals surface area contributed by atoms with Crippen molar-refractivity contribution in [2.24, 2.45) is 0 Å². The highest BCUT2D eigenvalue weighted by molar-refractivity contribution is 7.18. The van der Waals surface area contributed by atoms with Gasteiger partial charge in [0.25, 0.3) is 5.56 Å². The quantitative estimate of drug-likeness (QED) is 0.512. The molecule has 1 fully saturated rings. The van der Waals surface area contributed by atoms with Gasteiger partial charge >= 0.3 is 11.8 Å². The molecule has 10 heteroatoms. The molecule has 2 aromatic heterocycles. The van der Waals surface area contributed by atoms with Crippen LogP contribution in [0, 0.1) is 18.3 Å². The average Bonchev–Trinajstić information content (AvgIpc) is 3.41. The van der Waals surface area contributed by atoms with Crippen LogP contribution in [0.1, 0.15) is 62.9 Å². The molecule has 2 heterocycles. The Morgan fingerprint density at radius 1 is 1.33 bits per heavy atom. The van der Waals surface area contributed by atoms with Crippen molar-refractivity contribution in [3.8, 4) is 6.07 Å². The zero-order chi connectivity index (χ0) is 22.1. The third-order valence-corrected chi connectivity index (χ3v) is 6.08. The van der Waals surface area contributed by atoms with Gasteiger partial charge in [-0.15, -0.1) is 11.3 Å². The minimum absolute atomic E-state index is 0.0358. The van der Waals surface area contributed by atoms with Crippen LogP contribution in [0.4, 0.5) is 4.79 Å². The molecule has 2 N–H and O–H groups in total. The van der Waals surface area contributed by atoms with Crippen LogP contribution < -0.4 is 22.1 Å². The molecule has 0 bridgehead atoms. The van der Waals surface area contributed by atoms with E-state index in [0.29, 0.717) is 36.1 Å². The minimum atomic E-state index is -0.604. The maximum atomic E-state index is 13.1. The van der Waals surface area contributed by atoms with Gasteiger partial charge in [0.15, 0.2) is 0 Å². The van der Waals surface area contributed by atoms with E-state index in [4.69, 9.17) is 10.00 Å². The summed E-state index contributed by atoms with van der Waals surface area (Å²) < 4.78 is 8.17. The number of nitrogens with zero attached hydrogens (tertiary/aromatic N) is 3. The van der Waals surface area contributed by atoms with Gasteiger partial charge in [-0.25, -0.2) is 15.0 Å². The maximum absolute atomic E-state index is 13.1. The Morgan fingerprint density at radius 3 is 2.63 bits per heavy atom. The molecule has 1 saturated carbocycles. The van der Waals surface area contributed by atoms with Crippen LogP contribution in [0.5, 0.6) is 0 Å². The van der Waals surface area contributed by atoms with Gasteiger partial charge in [0, 0.05) is 30.4 Å². The first-order chi connectivity index (χ1) is 14.1. The van der Waals surface area contributed by atoms with Crippen molar-refractivity contribution in [1.29, 1.82) is 5.26 Å². The van der Waals surface area contributed by atoms with Crippen molar-refractivity contribution in [3.63, 3.8) is 0 Å². The summed E-state index contributed by atoms with van der Waals surface area (Å²) in [5.41, 5.74) is 4.95. The Balaban J connectivity index is 1.91. The number of hydrogen-bond donors (Lipinski definition) is 2. The van der Waals surface area contributed by atoms with Gasteiger partial charge in [-0.05, 0) is 52.5 Å². The van der Waals surface area contributed by atoms with Crippen molar-refractivity contribution in [3.05, 3.63) is 31.3 Å². The molecule has 9 nitrogen and oxygen atoms in total. The number of fused-ring (bicyclic) bond motifs is 1. The van der Waals surface area contributed by atoms with Crippen molar-refractivity contribution < 1.29 is 9.53 Å². The monoisotopic (exact) mass is 433 g/mol. The van der Waals surface area contributed by atoms with E-state index in [1.165, 1.54) is 15.9 Å². The molecule has 0 spiro atoms. The highest BCUT2D eigenvalue weighted by Gasteiger charge is 2.30. The number of ether oxygens (including phenoxy) is 1. The van der Waals surface area contributed by atoms with Crippen LogP contribution in [0.2, 0.25) is 0 Å². The second kappa shape index (κ2) is 8.62. The van der Waals surface area contributed by atoms with Crippen LogP contribution in [0.15, 0.2) is 9.59 Å². The molecule has 0 aliphatic heterocycles. The van der Waals surface area contributed by atoms with Gasteiger partial charge < -0.3 is 4.74 Å². The smallest absolute Gasteiger partial charge is 0.422 e. The summed E-state index contributed by atoms with van der Waals surface area (Å²) >= 11 is 1.35. The van der Waals surface area contributed by atoms with Gasteiger partial charge in [0.05, 0.1) is 11.5 Å². The van der Waals surface area contributed by atoms with E-state index < -0.39 is 11.7 Å². The standard InChI is InChI=1S/C20H27N5O4S/c1-12-14(11-22-23-18(27)29-20(2,3)4)30-17-15(12)16(26)25(13-7-8-13)19(28)24(17)10-6-5-9-21/h13,22H,5-8,10-11H2,1-4H3,(H,23,27). The van der Waals surface area contributed by atoms with Crippen molar-refractivity contribution in [2.45, 2.75) is 78.1 Å². The SMILES string of the molecule is Cc1c(CNNC(=O)OC(C)(C)C)sc2c1c(=O)n(C1CC1)c(=O)n2CCCC#N. The van der Waals surface area contributed by atoms with Gasteiger partial charge in [-0.3, -0.25) is 19.4 Å². The van der Waals surface area contributed by atoms with E-state index >= 15 is 0 Å². The van der Waals surface area contributed by atoms with E-state index in [-0.39, 0.29) is 17.3 Å². The van der Waals surface area contributed by atoms with Gasteiger partial charge in [0.1, 0.15) is 10.4 Å². The number of carbonyl (C=O) groups is 1. The zero-order valence-electron chi connectivity index (χ0n) is 17.7. The first-order valence-corrected chi connectivity index (χ1v) is 10.8. The number of nitriles is 1. The topological polar surface area (TPSA) is 118 Å². The number of unbranched alkanes of at least 4 members (excludes halogenated alkanes) is 1. The van der Waals surface area contributed by atoms with E-state index in [1.54, 1.807) is 25.3 Å². The van der Waals surface area contributed by atoms with Crippen molar-refractivity contribution >= 4 is 27.6 Å². The summed E-state index contributed by atoms with van der Waals surface area (Å²) in [4.78, 5) is 39.4. The van der Waals surface area contributed by atoms with E-state index in [0.717, 1.165) is 23.3 Å². The maximum Gasteiger partial charge on any atom is 0.422 e. The number of thiophene rings is 1. The molecule has 0 unspecified atom stereocenters. The highest BCUT2D eigenvalue weighted by Crippen LogP contribution is 2.34. The third-order valence-electron chi connectivity index (χ3n) is 4.76. The molecule has 0 radical (unpaired) electrons. The fourth-order valence-electron chi connectivity index (χ4n) is 3.25. The number of aryl methyl sites for hydroxylation is 2. The molecular formula is C20H27N5O4S. The van der Waals surface area contributed by atoms with Crippen LogP contribution in [0.3, 0.4) is 0 Å². The molecule has 30 heavy (non-hydrogen) atoms. The molecule has 0 aromatic carbocycles. The normalized spacial score (nSPS) is 14.0. The first kappa shape index (κ1) is 22.1. The molecule has 1 amide bonds. The average molecular weight is 434 g/mol. The number of aromatic nitrogens is 2. The Bertz CT molecular complexity index is 1110. The zero-order valence-corrected chi connectivity index (χ0v) is 18.5. The van der Waals surface area contributed by atoms with Crippen molar-refractivity contribution in [1.82, 2.24) is 20.0 Å². The Labute approximate surface area is 178 Å². The van der Waals surface area contributed by atoms with Gasteiger partial charge in [-0.2, -0.15) is 5.26 Å². The largest absolute Gasteiger partial charge is 0.443 e. The first-order valence-electron chi connectivity index (χ1n) is 10.00. The molecule has 2 aromatic rings. The minimum Gasteiger partial charge on any atom is -0.443 e. The summed E-state index contributed by atoms with van der Waals surface area (Å²) in [7, 11) is 0. The third kappa shape index (κ3) is 4.74. The lowest BCUT2D eigenvalue weighted by molar-refractivity contribution is 0.0497. The van der Waals surface area contributed by atoms with Crippen molar-refractivity contribution in [2.75, 3.05) is 0 Å². The van der Waals surface area contributed by atoms with E-state index in [2.05, 4.69) is 16.9 Å². The lowest BCUT2D eigenvalue weighted by atomic mass is 10.2.